The number of imidazole rings is 1. The quantitative estimate of drug-likeness (QED) is 0.399. The summed E-state index contributed by atoms with van der Waals surface area (Å²) in [6.45, 7) is 1.44. The lowest BCUT2D eigenvalue weighted by molar-refractivity contribution is -0.136. The minimum atomic E-state index is -0.943. The smallest absolute Gasteiger partial charge is 0.309 e. The van der Waals surface area contributed by atoms with Gasteiger partial charge in [-0.1, -0.05) is 36.4 Å². The monoisotopic (exact) mass is 496 g/mol. The predicted molar refractivity (Wildman–Crippen MR) is 139 cm³/mol. The van der Waals surface area contributed by atoms with Crippen LogP contribution in [-0.2, 0) is 16.0 Å². The molecule has 4 aromatic rings. The molecule has 1 atom stereocenters. The van der Waals surface area contributed by atoms with Crippen molar-refractivity contribution in [3.05, 3.63) is 66.6 Å². The molecule has 0 bridgehead atoms. The number of piperidine rings is 1. The van der Waals surface area contributed by atoms with E-state index in [-0.39, 0.29) is 24.3 Å². The van der Waals surface area contributed by atoms with Gasteiger partial charge >= 0.3 is 5.97 Å². The molecule has 0 spiro atoms. The van der Waals surface area contributed by atoms with E-state index in [2.05, 4.69) is 21.4 Å². The lowest BCUT2D eigenvalue weighted by Gasteiger charge is -2.33. The van der Waals surface area contributed by atoms with Crippen molar-refractivity contribution in [1.82, 2.24) is 24.4 Å². The highest BCUT2D eigenvalue weighted by Gasteiger charge is 2.35. The first-order chi connectivity index (χ1) is 18.0. The zero-order valence-electron chi connectivity index (χ0n) is 20.4. The molecular weight excluding hydrogens is 468 g/mol. The van der Waals surface area contributed by atoms with Crippen molar-refractivity contribution >= 4 is 28.6 Å². The molecule has 1 aliphatic carbocycles. The molecular formula is C28H28N6O3. The lowest BCUT2D eigenvalue weighted by atomic mass is 10.1. The number of hydrogen-bond acceptors (Lipinski definition) is 6. The first kappa shape index (κ1) is 23.1. The first-order valence-corrected chi connectivity index (χ1v) is 12.7. The second-order valence-corrected chi connectivity index (χ2v) is 9.82. The van der Waals surface area contributed by atoms with Crippen LogP contribution in [0.4, 0.5) is 5.95 Å². The van der Waals surface area contributed by atoms with Crippen LogP contribution in [0, 0.1) is 5.92 Å². The molecule has 9 heteroatoms. The van der Waals surface area contributed by atoms with Gasteiger partial charge in [-0.2, -0.15) is 4.98 Å². The predicted octanol–water partition coefficient (Wildman–Crippen LogP) is 3.92. The van der Waals surface area contributed by atoms with Gasteiger partial charge in [0.1, 0.15) is 11.6 Å². The van der Waals surface area contributed by atoms with Crippen LogP contribution in [0.3, 0.4) is 0 Å². The second kappa shape index (κ2) is 9.65. The summed E-state index contributed by atoms with van der Waals surface area (Å²) in [4.78, 5) is 39.9. The number of carbonyl (C=O) groups excluding carboxylic acids is 1. The molecule has 0 radical (unpaired) electrons. The van der Waals surface area contributed by atoms with Crippen molar-refractivity contribution in [2.45, 2.75) is 38.1 Å². The van der Waals surface area contributed by atoms with E-state index >= 15 is 0 Å². The van der Waals surface area contributed by atoms with Gasteiger partial charge in [0.25, 0.3) is 0 Å². The summed E-state index contributed by atoms with van der Waals surface area (Å²) in [6.07, 6.45) is 6.94. The fourth-order valence-electron chi connectivity index (χ4n) is 5.06. The maximum Gasteiger partial charge on any atom is 0.309 e. The van der Waals surface area contributed by atoms with Gasteiger partial charge in [0, 0.05) is 43.0 Å². The molecule has 3 heterocycles. The maximum atomic E-state index is 12.6. The van der Waals surface area contributed by atoms with Gasteiger partial charge in [0.05, 0.1) is 12.1 Å². The number of carboxylic acids is 1. The average molecular weight is 497 g/mol. The van der Waals surface area contributed by atoms with Crippen molar-refractivity contribution in [3.63, 3.8) is 0 Å². The molecule has 1 saturated carbocycles. The number of carboxylic acid groups (broad SMARTS) is 1. The summed E-state index contributed by atoms with van der Waals surface area (Å²) < 4.78 is 1.79. The van der Waals surface area contributed by atoms with Gasteiger partial charge in [0.15, 0.2) is 0 Å². The topological polar surface area (TPSA) is 113 Å². The van der Waals surface area contributed by atoms with E-state index < -0.39 is 5.97 Å². The fourth-order valence-corrected chi connectivity index (χ4v) is 5.06. The van der Waals surface area contributed by atoms with Crippen LogP contribution in [0.2, 0.25) is 0 Å². The van der Waals surface area contributed by atoms with Gasteiger partial charge in [0.2, 0.25) is 11.9 Å². The number of likely N-dealkylation sites (tertiary alicyclic amines) is 1. The summed E-state index contributed by atoms with van der Waals surface area (Å²) in [5.41, 5.74) is 1.39. The van der Waals surface area contributed by atoms with Crippen LogP contribution in [0.1, 0.15) is 31.4 Å². The van der Waals surface area contributed by atoms with E-state index in [1.165, 1.54) is 0 Å². The number of anilines is 1. The molecule has 2 fully saturated rings. The van der Waals surface area contributed by atoms with Crippen molar-refractivity contribution in [2.24, 2.45) is 5.92 Å². The van der Waals surface area contributed by atoms with Crippen molar-refractivity contribution in [1.29, 1.82) is 0 Å². The Morgan fingerprint density at radius 1 is 1.03 bits per heavy atom. The standard InChI is InChI=1S/C28H28N6O3/c35-25(36)15-23-16-30-26(21-10-7-18-4-1-2-5-20(18)14-21)34(23)24-11-12-29-28(32-24)31-22-6-3-13-33(17-22)27(37)19-8-9-19/h1-2,4-5,7,10-12,14,16,19,22H,3,6,8-9,13,15,17H2,(H,35,36)(H,29,31,32)/t22-/m0/s1. The Labute approximate surface area is 214 Å². The van der Waals surface area contributed by atoms with E-state index in [9.17, 15) is 14.7 Å². The Kier molecular flexibility index (Phi) is 6.04. The molecule has 188 valence electrons. The molecule has 2 aromatic heterocycles. The third kappa shape index (κ3) is 4.89. The summed E-state index contributed by atoms with van der Waals surface area (Å²) in [5, 5.41) is 15.1. The molecule has 37 heavy (non-hydrogen) atoms. The third-order valence-corrected chi connectivity index (χ3v) is 7.04. The normalized spacial score (nSPS) is 17.6. The van der Waals surface area contributed by atoms with Gasteiger partial charge in [-0.3, -0.25) is 14.2 Å². The van der Waals surface area contributed by atoms with Crippen LogP contribution in [0.5, 0.6) is 0 Å². The first-order valence-electron chi connectivity index (χ1n) is 12.7. The number of carbonyl (C=O) groups is 2. The van der Waals surface area contributed by atoms with Gasteiger partial charge in [-0.25, -0.2) is 9.97 Å². The fraction of sp³-hybridized carbons (Fsp3) is 0.321. The minimum absolute atomic E-state index is 0.0629. The van der Waals surface area contributed by atoms with E-state index in [1.54, 1.807) is 23.0 Å². The van der Waals surface area contributed by atoms with Crippen molar-refractivity contribution in [3.8, 4) is 17.2 Å². The number of aromatic nitrogens is 4. The number of aliphatic carboxylic acids is 1. The largest absolute Gasteiger partial charge is 0.481 e. The number of benzene rings is 2. The van der Waals surface area contributed by atoms with Gasteiger partial charge in [-0.05, 0) is 48.6 Å². The molecule has 2 N–H and O–H groups in total. The zero-order valence-corrected chi connectivity index (χ0v) is 20.4. The number of rotatable bonds is 7. The van der Waals surface area contributed by atoms with Crippen LogP contribution in [-0.4, -0.2) is 60.5 Å². The highest BCUT2D eigenvalue weighted by molar-refractivity contribution is 5.86. The van der Waals surface area contributed by atoms with Gasteiger partial charge in [-0.15, -0.1) is 0 Å². The second-order valence-electron chi connectivity index (χ2n) is 9.82. The van der Waals surface area contributed by atoms with Crippen LogP contribution in [0.25, 0.3) is 28.0 Å². The van der Waals surface area contributed by atoms with E-state index in [0.29, 0.717) is 29.8 Å². The Balaban J connectivity index is 1.31. The van der Waals surface area contributed by atoms with Gasteiger partial charge < -0.3 is 15.3 Å². The van der Waals surface area contributed by atoms with Crippen LogP contribution in [0.15, 0.2) is 60.9 Å². The number of nitrogens with zero attached hydrogens (tertiary/aromatic N) is 5. The summed E-state index contributed by atoms with van der Waals surface area (Å²) in [6, 6.07) is 16.0. The Morgan fingerprint density at radius 2 is 1.86 bits per heavy atom. The maximum absolute atomic E-state index is 12.6. The summed E-state index contributed by atoms with van der Waals surface area (Å²) in [7, 11) is 0. The van der Waals surface area contributed by atoms with E-state index in [4.69, 9.17) is 4.98 Å². The molecule has 0 unspecified atom stereocenters. The molecule has 2 aliphatic rings. The van der Waals surface area contributed by atoms with Crippen LogP contribution < -0.4 is 5.32 Å². The molecule has 2 aromatic carbocycles. The number of fused-ring (bicyclic) bond motifs is 1. The van der Waals surface area contributed by atoms with Crippen molar-refractivity contribution < 1.29 is 14.7 Å². The average Bonchev–Trinajstić information content (AvgIpc) is 3.68. The van der Waals surface area contributed by atoms with E-state index in [0.717, 1.165) is 48.6 Å². The highest BCUT2D eigenvalue weighted by atomic mass is 16.4. The molecule has 1 aliphatic heterocycles. The molecule has 1 saturated heterocycles. The summed E-state index contributed by atoms with van der Waals surface area (Å²) in [5.74, 6) is 1.13. The van der Waals surface area contributed by atoms with Crippen molar-refractivity contribution in [2.75, 3.05) is 18.4 Å². The number of hydrogen-bond donors (Lipinski definition) is 2. The Hall–Kier alpha value is -4.27. The number of amides is 1. The molecule has 6 rings (SSSR count). The zero-order chi connectivity index (χ0) is 25.4. The lowest BCUT2D eigenvalue weighted by Crippen LogP contribution is -2.45. The third-order valence-electron chi connectivity index (χ3n) is 7.04. The Morgan fingerprint density at radius 3 is 2.68 bits per heavy atom. The molecule has 9 nitrogen and oxygen atoms in total. The Bertz CT molecular complexity index is 1480. The SMILES string of the molecule is O=C(O)Cc1cnc(-c2ccc3ccccc3c2)n1-c1ccnc(N[C@H]2CCCN(C(=O)C3CC3)C2)n1. The highest BCUT2D eigenvalue weighted by Crippen LogP contribution is 2.32. The summed E-state index contributed by atoms with van der Waals surface area (Å²) >= 11 is 0. The van der Waals surface area contributed by atoms with Crippen LogP contribution >= 0.6 is 0 Å². The van der Waals surface area contributed by atoms with E-state index in [1.807, 2.05) is 41.3 Å². The minimum Gasteiger partial charge on any atom is -0.481 e. The molecule has 1 amide bonds. The number of nitrogens with one attached hydrogen (secondary N) is 1.